The molecule has 5 nitrogen and oxygen atoms in total. The molecular weight excluding hydrogens is 361 g/mol. The van der Waals surface area contributed by atoms with Crippen molar-refractivity contribution in [2.24, 2.45) is 0 Å². The SMILES string of the molecule is O=C(CNC(=O)c1cc(Cl)nc2ccccc12)Nc1ccc(Cl)cc1. The van der Waals surface area contributed by atoms with E-state index < -0.39 is 5.91 Å². The fourth-order valence-electron chi connectivity index (χ4n) is 2.33. The van der Waals surface area contributed by atoms with E-state index in [0.29, 0.717) is 27.2 Å². The van der Waals surface area contributed by atoms with Crippen molar-refractivity contribution in [1.29, 1.82) is 0 Å². The molecule has 1 aromatic heterocycles. The number of carbonyl (C=O) groups excluding carboxylic acids is 2. The maximum absolute atomic E-state index is 12.4. The molecule has 25 heavy (non-hydrogen) atoms. The first-order valence-electron chi connectivity index (χ1n) is 7.42. The molecular formula is C18H13Cl2N3O2. The number of benzene rings is 2. The molecule has 7 heteroatoms. The largest absolute Gasteiger partial charge is 0.343 e. The average molecular weight is 374 g/mol. The van der Waals surface area contributed by atoms with Gasteiger partial charge in [-0.15, -0.1) is 0 Å². The van der Waals surface area contributed by atoms with Crippen LogP contribution in [0.15, 0.2) is 54.6 Å². The molecule has 0 atom stereocenters. The van der Waals surface area contributed by atoms with E-state index in [4.69, 9.17) is 23.2 Å². The highest BCUT2D eigenvalue weighted by molar-refractivity contribution is 6.31. The third kappa shape index (κ3) is 4.26. The molecule has 2 N–H and O–H groups in total. The van der Waals surface area contributed by atoms with Crippen LogP contribution in [0.1, 0.15) is 10.4 Å². The number of nitrogens with zero attached hydrogens (tertiary/aromatic N) is 1. The van der Waals surface area contributed by atoms with Crippen molar-refractivity contribution >= 4 is 51.6 Å². The summed E-state index contributed by atoms with van der Waals surface area (Å²) in [5, 5.41) is 6.72. The van der Waals surface area contributed by atoms with Gasteiger partial charge in [-0.2, -0.15) is 0 Å². The molecule has 0 saturated carbocycles. The Morgan fingerprint density at radius 1 is 1.00 bits per heavy atom. The van der Waals surface area contributed by atoms with E-state index in [9.17, 15) is 9.59 Å². The fraction of sp³-hybridized carbons (Fsp3) is 0.0556. The first kappa shape index (κ1) is 17.2. The average Bonchev–Trinajstić information content (AvgIpc) is 2.61. The van der Waals surface area contributed by atoms with Gasteiger partial charge in [0, 0.05) is 16.1 Å². The number of hydrogen-bond acceptors (Lipinski definition) is 3. The molecule has 0 unspecified atom stereocenters. The van der Waals surface area contributed by atoms with Gasteiger partial charge in [0.05, 0.1) is 17.6 Å². The van der Waals surface area contributed by atoms with E-state index >= 15 is 0 Å². The second-order valence-electron chi connectivity index (χ2n) is 5.25. The molecule has 0 aliphatic rings. The Hall–Kier alpha value is -2.63. The standard InChI is InChI=1S/C18H13Cl2N3O2/c19-11-5-7-12(8-6-11)22-17(24)10-21-18(25)14-9-16(20)23-15-4-2-1-3-13(14)15/h1-9H,10H2,(H,21,25)(H,22,24). The zero-order chi connectivity index (χ0) is 17.8. The normalized spacial score (nSPS) is 10.5. The van der Waals surface area contributed by atoms with Gasteiger partial charge in [-0.1, -0.05) is 41.4 Å². The lowest BCUT2D eigenvalue weighted by Gasteiger charge is -2.09. The van der Waals surface area contributed by atoms with Crippen molar-refractivity contribution < 1.29 is 9.59 Å². The lowest BCUT2D eigenvalue weighted by molar-refractivity contribution is -0.115. The van der Waals surface area contributed by atoms with E-state index in [0.717, 1.165) is 0 Å². The number of aromatic nitrogens is 1. The Morgan fingerprint density at radius 3 is 2.48 bits per heavy atom. The third-order valence-corrected chi connectivity index (χ3v) is 3.91. The summed E-state index contributed by atoms with van der Waals surface area (Å²) < 4.78 is 0. The smallest absolute Gasteiger partial charge is 0.252 e. The number of anilines is 1. The minimum absolute atomic E-state index is 0.171. The molecule has 0 aliphatic carbocycles. The molecule has 0 aliphatic heterocycles. The van der Waals surface area contributed by atoms with Crippen molar-refractivity contribution in [3.8, 4) is 0 Å². The molecule has 0 fully saturated rings. The number of hydrogen-bond donors (Lipinski definition) is 2. The van der Waals surface area contributed by atoms with Gasteiger partial charge in [0.15, 0.2) is 0 Å². The fourth-order valence-corrected chi connectivity index (χ4v) is 2.65. The summed E-state index contributed by atoms with van der Waals surface area (Å²) in [5.74, 6) is -0.744. The summed E-state index contributed by atoms with van der Waals surface area (Å²) in [6.45, 7) is -0.171. The second kappa shape index (κ2) is 7.51. The van der Waals surface area contributed by atoms with Gasteiger partial charge in [0.2, 0.25) is 5.91 Å². The minimum Gasteiger partial charge on any atom is -0.343 e. The monoisotopic (exact) mass is 373 g/mol. The number of nitrogens with one attached hydrogen (secondary N) is 2. The van der Waals surface area contributed by atoms with Crippen LogP contribution in [0.3, 0.4) is 0 Å². The van der Waals surface area contributed by atoms with Crippen LogP contribution in [0.4, 0.5) is 5.69 Å². The zero-order valence-electron chi connectivity index (χ0n) is 12.9. The lowest BCUT2D eigenvalue weighted by atomic mass is 10.1. The molecule has 2 amide bonds. The Labute approximate surface area is 154 Å². The second-order valence-corrected chi connectivity index (χ2v) is 6.07. The van der Waals surface area contributed by atoms with Gasteiger partial charge < -0.3 is 10.6 Å². The Morgan fingerprint density at radius 2 is 1.72 bits per heavy atom. The number of halogens is 2. The van der Waals surface area contributed by atoms with Crippen molar-refractivity contribution in [1.82, 2.24) is 10.3 Å². The number of rotatable bonds is 4. The van der Waals surface area contributed by atoms with Gasteiger partial charge in [-0.05, 0) is 36.4 Å². The number of pyridine rings is 1. The highest BCUT2D eigenvalue weighted by Gasteiger charge is 2.13. The van der Waals surface area contributed by atoms with E-state index in [1.165, 1.54) is 6.07 Å². The zero-order valence-corrected chi connectivity index (χ0v) is 14.4. The van der Waals surface area contributed by atoms with Crippen LogP contribution in [-0.4, -0.2) is 23.3 Å². The predicted octanol–water partition coefficient (Wildman–Crippen LogP) is 3.91. The van der Waals surface area contributed by atoms with Crippen LogP contribution < -0.4 is 10.6 Å². The molecule has 2 aromatic carbocycles. The van der Waals surface area contributed by atoms with Gasteiger partial charge in [-0.25, -0.2) is 4.98 Å². The van der Waals surface area contributed by atoms with Gasteiger partial charge in [-0.3, -0.25) is 9.59 Å². The van der Waals surface area contributed by atoms with Crippen molar-refractivity contribution in [2.45, 2.75) is 0 Å². The Bertz CT molecular complexity index is 943. The number of carbonyl (C=O) groups is 2. The third-order valence-electron chi connectivity index (χ3n) is 3.47. The topological polar surface area (TPSA) is 71.1 Å². The maximum Gasteiger partial charge on any atom is 0.252 e. The van der Waals surface area contributed by atoms with Crippen molar-refractivity contribution in [3.05, 3.63) is 70.3 Å². The minimum atomic E-state index is -0.397. The van der Waals surface area contributed by atoms with Crippen LogP contribution in [0, 0.1) is 0 Å². The Kier molecular flexibility index (Phi) is 5.16. The van der Waals surface area contributed by atoms with E-state index in [-0.39, 0.29) is 17.6 Å². The van der Waals surface area contributed by atoms with Crippen LogP contribution >= 0.6 is 23.2 Å². The molecule has 0 radical (unpaired) electrons. The maximum atomic E-state index is 12.4. The summed E-state index contributed by atoms with van der Waals surface area (Å²) in [6, 6.07) is 15.3. The number of amides is 2. The molecule has 3 rings (SSSR count). The lowest BCUT2D eigenvalue weighted by Crippen LogP contribution is -2.33. The van der Waals surface area contributed by atoms with Gasteiger partial charge in [0.1, 0.15) is 5.15 Å². The highest BCUT2D eigenvalue weighted by atomic mass is 35.5. The van der Waals surface area contributed by atoms with Crippen LogP contribution in [0.2, 0.25) is 10.2 Å². The summed E-state index contributed by atoms with van der Waals surface area (Å²) in [7, 11) is 0. The molecule has 126 valence electrons. The molecule has 0 bridgehead atoms. The van der Waals surface area contributed by atoms with Gasteiger partial charge >= 0.3 is 0 Å². The van der Waals surface area contributed by atoms with E-state index in [2.05, 4.69) is 15.6 Å². The first-order valence-corrected chi connectivity index (χ1v) is 8.17. The summed E-state index contributed by atoms with van der Waals surface area (Å²) in [6.07, 6.45) is 0. The van der Waals surface area contributed by atoms with E-state index in [1.54, 1.807) is 36.4 Å². The van der Waals surface area contributed by atoms with Gasteiger partial charge in [0.25, 0.3) is 5.91 Å². The molecule has 1 heterocycles. The van der Waals surface area contributed by atoms with Crippen LogP contribution in [0.25, 0.3) is 10.9 Å². The predicted molar refractivity (Wildman–Crippen MR) is 99.2 cm³/mol. The van der Waals surface area contributed by atoms with Crippen molar-refractivity contribution in [3.63, 3.8) is 0 Å². The molecule has 0 spiro atoms. The number of fused-ring (bicyclic) bond motifs is 1. The van der Waals surface area contributed by atoms with Crippen LogP contribution in [-0.2, 0) is 4.79 Å². The highest BCUT2D eigenvalue weighted by Crippen LogP contribution is 2.20. The summed E-state index contributed by atoms with van der Waals surface area (Å²) in [4.78, 5) is 28.6. The molecule has 0 saturated heterocycles. The summed E-state index contributed by atoms with van der Waals surface area (Å²) in [5.41, 5.74) is 1.58. The van der Waals surface area contributed by atoms with Crippen LogP contribution in [0.5, 0.6) is 0 Å². The van der Waals surface area contributed by atoms with E-state index in [1.807, 2.05) is 12.1 Å². The Balaban J connectivity index is 1.68. The first-order chi connectivity index (χ1) is 12.0. The van der Waals surface area contributed by atoms with Crippen molar-refractivity contribution in [2.75, 3.05) is 11.9 Å². The number of para-hydroxylation sites is 1. The quantitative estimate of drug-likeness (QED) is 0.681. The molecule has 3 aromatic rings. The summed E-state index contributed by atoms with van der Waals surface area (Å²) >= 11 is 11.8.